The quantitative estimate of drug-likeness (QED) is 0.588. The third-order valence-electron chi connectivity index (χ3n) is 2.35. The van der Waals surface area contributed by atoms with Gasteiger partial charge in [-0.05, 0) is 18.1 Å². The second-order valence-electron chi connectivity index (χ2n) is 3.53. The van der Waals surface area contributed by atoms with E-state index in [4.69, 9.17) is 0 Å². The lowest BCUT2D eigenvalue weighted by Crippen LogP contribution is -2.49. The van der Waals surface area contributed by atoms with Crippen LogP contribution in [0.2, 0.25) is 0 Å². The zero-order chi connectivity index (χ0) is 11.0. The Labute approximate surface area is 84.1 Å². The van der Waals surface area contributed by atoms with Crippen molar-refractivity contribution in [3.05, 3.63) is 35.1 Å². The first kappa shape index (κ1) is 10.0. The molecule has 80 valence electrons. The number of carbonyl (C=O) groups excluding carboxylic acids is 1. The van der Waals surface area contributed by atoms with Crippen LogP contribution in [0.25, 0.3) is 0 Å². The maximum absolute atomic E-state index is 13.1. The smallest absolute Gasteiger partial charge is 0.222 e. The molecule has 2 nitrogen and oxygen atoms in total. The second-order valence-corrected chi connectivity index (χ2v) is 3.53. The molecule has 1 unspecified atom stereocenters. The molecule has 1 saturated heterocycles. The molecule has 0 radical (unpaired) electrons. The van der Waals surface area contributed by atoms with Gasteiger partial charge >= 0.3 is 0 Å². The Morgan fingerprint density at radius 3 is 2.40 bits per heavy atom. The monoisotopic (exact) mass is 215 g/mol. The largest absolute Gasteiger partial charge is 0.352 e. The molecular weight excluding hydrogens is 207 g/mol. The summed E-state index contributed by atoms with van der Waals surface area (Å²) in [6, 6.07) is 1.18. The van der Waals surface area contributed by atoms with Crippen molar-refractivity contribution in [3.8, 4) is 0 Å². The molecule has 0 spiro atoms. The van der Waals surface area contributed by atoms with Crippen LogP contribution in [-0.4, -0.2) is 11.9 Å². The van der Waals surface area contributed by atoms with Gasteiger partial charge in [0.25, 0.3) is 0 Å². The van der Waals surface area contributed by atoms with Crippen molar-refractivity contribution in [2.24, 2.45) is 0 Å². The molecule has 0 aliphatic carbocycles. The van der Waals surface area contributed by atoms with E-state index in [0.29, 0.717) is 12.5 Å². The summed E-state index contributed by atoms with van der Waals surface area (Å²) in [6.07, 6.45) is 0.493. The predicted octanol–water partition coefficient (Wildman–Crippen LogP) is 1.53. The number of benzene rings is 1. The zero-order valence-electron chi connectivity index (χ0n) is 7.69. The van der Waals surface area contributed by atoms with Crippen molar-refractivity contribution in [2.45, 2.75) is 18.9 Å². The molecule has 1 N–H and O–H groups in total. The lowest BCUT2D eigenvalue weighted by Gasteiger charge is -2.26. The summed E-state index contributed by atoms with van der Waals surface area (Å²) in [7, 11) is 0. The van der Waals surface area contributed by atoms with Crippen LogP contribution in [0.3, 0.4) is 0 Å². The standard InChI is InChI=1S/C10H8F3NO/c11-7-4-9(13)8(12)2-5(7)1-6-3-10(15)14-6/h2,4,6H,1,3H2,(H,14,15). The minimum absolute atomic E-state index is 0.0823. The first-order chi connectivity index (χ1) is 7.06. The lowest BCUT2D eigenvalue weighted by molar-refractivity contribution is -0.128. The van der Waals surface area contributed by atoms with Gasteiger partial charge in [-0.2, -0.15) is 0 Å². The summed E-state index contributed by atoms with van der Waals surface area (Å²) in [5.41, 5.74) is 0.0823. The van der Waals surface area contributed by atoms with Crippen molar-refractivity contribution in [1.29, 1.82) is 0 Å². The molecule has 2 rings (SSSR count). The number of hydrogen-bond donors (Lipinski definition) is 1. The van der Waals surface area contributed by atoms with E-state index in [0.717, 1.165) is 6.07 Å². The highest BCUT2D eigenvalue weighted by Crippen LogP contribution is 2.18. The van der Waals surface area contributed by atoms with Crippen LogP contribution in [0.4, 0.5) is 13.2 Å². The van der Waals surface area contributed by atoms with E-state index in [1.807, 2.05) is 0 Å². The molecule has 0 aromatic heterocycles. The van der Waals surface area contributed by atoms with Crippen molar-refractivity contribution in [3.63, 3.8) is 0 Å². The van der Waals surface area contributed by atoms with Gasteiger partial charge in [-0.25, -0.2) is 13.2 Å². The molecule has 1 fully saturated rings. The normalized spacial score (nSPS) is 19.7. The highest BCUT2D eigenvalue weighted by Gasteiger charge is 2.26. The molecule has 0 bridgehead atoms. The highest BCUT2D eigenvalue weighted by molar-refractivity contribution is 5.82. The van der Waals surface area contributed by atoms with Gasteiger partial charge in [-0.15, -0.1) is 0 Å². The molecule has 1 amide bonds. The van der Waals surface area contributed by atoms with Gasteiger partial charge in [0.15, 0.2) is 11.6 Å². The number of rotatable bonds is 2. The molecule has 0 saturated carbocycles. The van der Waals surface area contributed by atoms with E-state index in [1.165, 1.54) is 0 Å². The maximum atomic E-state index is 13.1. The molecule has 15 heavy (non-hydrogen) atoms. The minimum atomic E-state index is -1.20. The van der Waals surface area contributed by atoms with Crippen LogP contribution >= 0.6 is 0 Å². The fourth-order valence-electron chi connectivity index (χ4n) is 1.54. The number of carbonyl (C=O) groups is 1. The van der Waals surface area contributed by atoms with Crippen molar-refractivity contribution >= 4 is 5.91 Å². The molecule has 1 heterocycles. The lowest BCUT2D eigenvalue weighted by atomic mass is 9.97. The summed E-state index contributed by atoms with van der Waals surface area (Å²) in [4.78, 5) is 10.6. The molecule has 1 aliphatic heterocycles. The number of amides is 1. The van der Waals surface area contributed by atoms with Crippen LogP contribution in [0.5, 0.6) is 0 Å². The van der Waals surface area contributed by atoms with Crippen LogP contribution in [0, 0.1) is 17.5 Å². The third-order valence-corrected chi connectivity index (χ3v) is 2.35. The summed E-state index contributed by atoms with van der Waals surface area (Å²) in [5.74, 6) is -3.16. The Morgan fingerprint density at radius 2 is 1.80 bits per heavy atom. The van der Waals surface area contributed by atoms with E-state index < -0.39 is 17.5 Å². The van der Waals surface area contributed by atoms with Gasteiger partial charge in [0.1, 0.15) is 5.82 Å². The van der Waals surface area contributed by atoms with Crippen molar-refractivity contribution < 1.29 is 18.0 Å². The molecule has 1 atom stereocenters. The molecule has 1 aromatic rings. The Bertz CT molecular complexity index is 411. The minimum Gasteiger partial charge on any atom is -0.352 e. The Morgan fingerprint density at radius 1 is 1.20 bits per heavy atom. The van der Waals surface area contributed by atoms with Gasteiger partial charge in [0, 0.05) is 18.5 Å². The Kier molecular flexibility index (Phi) is 2.38. The van der Waals surface area contributed by atoms with Gasteiger partial charge in [0.05, 0.1) is 0 Å². The number of β-lactam (4-membered cyclic amide) rings is 1. The van der Waals surface area contributed by atoms with Gasteiger partial charge in [-0.3, -0.25) is 4.79 Å². The van der Waals surface area contributed by atoms with Crippen molar-refractivity contribution in [2.75, 3.05) is 0 Å². The molecule has 5 heteroatoms. The summed E-state index contributed by atoms with van der Waals surface area (Å²) in [5, 5.41) is 2.53. The van der Waals surface area contributed by atoms with Gasteiger partial charge in [0.2, 0.25) is 5.91 Å². The van der Waals surface area contributed by atoms with Crippen LogP contribution in [0.1, 0.15) is 12.0 Å². The predicted molar refractivity (Wildman–Crippen MR) is 46.6 cm³/mol. The number of halogens is 3. The summed E-state index contributed by atoms with van der Waals surface area (Å²) in [6.45, 7) is 0. The molecule has 1 aromatic carbocycles. The Balaban J connectivity index is 2.14. The first-order valence-corrected chi connectivity index (χ1v) is 4.49. The Hall–Kier alpha value is -1.52. The van der Waals surface area contributed by atoms with Crippen LogP contribution in [-0.2, 0) is 11.2 Å². The van der Waals surface area contributed by atoms with Crippen LogP contribution in [0.15, 0.2) is 12.1 Å². The highest BCUT2D eigenvalue weighted by atomic mass is 19.2. The average Bonchev–Trinajstić information content (AvgIpc) is 2.11. The van der Waals surface area contributed by atoms with Crippen molar-refractivity contribution in [1.82, 2.24) is 5.32 Å². The summed E-state index contributed by atoms with van der Waals surface area (Å²) >= 11 is 0. The number of hydrogen-bond acceptors (Lipinski definition) is 1. The van der Waals surface area contributed by atoms with E-state index >= 15 is 0 Å². The number of nitrogens with one attached hydrogen (secondary N) is 1. The average molecular weight is 215 g/mol. The van der Waals surface area contributed by atoms with Gasteiger partial charge in [-0.1, -0.05) is 0 Å². The molecular formula is C10H8F3NO. The topological polar surface area (TPSA) is 29.1 Å². The zero-order valence-corrected chi connectivity index (χ0v) is 7.69. The van der Waals surface area contributed by atoms with E-state index in [1.54, 1.807) is 0 Å². The van der Waals surface area contributed by atoms with Crippen LogP contribution < -0.4 is 5.32 Å². The SMILES string of the molecule is O=C1CC(Cc2cc(F)c(F)cc2F)N1. The fraction of sp³-hybridized carbons (Fsp3) is 0.300. The van der Waals surface area contributed by atoms with Gasteiger partial charge < -0.3 is 5.32 Å². The van der Waals surface area contributed by atoms with E-state index in [-0.39, 0.29) is 23.9 Å². The van der Waals surface area contributed by atoms with E-state index in [2.05, 4.69) is 5.32 Å². The second kappa shape index (κ2) is 3.56. The molecule has 1 aliphatic rings. The van der Waals surface area contributed by atoms with E-state index in [9.17, 15) is 18.0 Å². The fourth-order valence-corrected chi connectivity index (χ4v) is 1.54. The summed E-state index contributed by atoms with van der Waals surface area (Å²) < 4.78 is 38.5. The maximum Gasteiger partial charge on any atom is 0.222 e. The third kappa shape index (κ3) is 1.95. The first-order valence-electron chi connectivity index (χ1n) is 4.49.